The summed E-state index contributed by atoms with van der Waals surface area (Å²) in [5, 5.41) is 12.4. The second kappa shape index (κ2) is 7.28. The van der Waals surface area contributed by atoms with Crippen molar-refractivity contribution in [3.8, 4) is 16.6 Å². The van der Waals surface area contributed by atoms with Crippen LogP contribution in [0.5, 0.6) is 0 Å². The van der Waals surface area contributed by atoms with Gasteiger partial charge in [0.15, 0.2) is 0 Å². The van der Waals surface area contributed by atoms with Crippen molar-refractivity contribution < 1.29 is 13.2 Å². The highest BCUT2D eigenvalue weighted by Gasteiger charge is 2.30. The van der Waals surface area contributed by atoms with E-state index in [-0.39, 0.29) is 11.3 Å². The summed E-state index contributed by atoms with van der Waals surface area (Å²) in [6.45, 7) is 0. The van der Waals surface area contributed by atoms with Crippen LogP contribution in [0, 0.1) is 11.3 Å². The van der Waals surface area contributed by atoms with E-state index >= 15 is 0 Å². The standard InChI is InChI=1S/C18H9ClF3N3S/c19-14-4-1-11(2-5-14)17-25-15(10-26-17)7-12(8-23)16-6-3-13(9-24-16)18(20,21)22/h1-7,9-10H. The number of alkyl halides is 3. The van der Waals surface area contributed by atoms with Gasteiger partial charge in [0.2, 0.25) is 0 Å². The van der Waals surface area contributed by atoms with Crippen molar-refractivity contribution in [3.05, 3.63) is 69.9 Å². The molecule has 2 aromatic heterocycles. The van der Waals surface area contributed by atoms with Gasteiger partial charge in [-0.2, -0.15) is 18.4 Å². The van der Waals surface area contributed by atoms with Gasteiger partial charge in [0.25, 0.3) is 0 Å². The van der Waals surface area contributed by atoms with E-state index in [0.29, 0.717) is 16.9 Å². The molecule has 0 spiro atoms. The Kier molecular flexibility index (Phi) is 5.07. The number of hydrogen-bond donors (Lipinski definition) is 0. The third kappa shape index (κ3) is 4.10. The summed E-state index contributed by atoms with van der Waals surface area (Å²) in [6, 6.07) is 11.2. The first-order chi connectivity index (χ1) is 12.4. The van der Waals surface area contributed by atoms with Crippen LogP contribution in [0.4, 0.5) is 13.2 Å². The zero-order chi connectivity index (χ0) is 18.7. The van der Waals surface area contributed by atoms with E-state index in [1.165, 1.54) is 23.5 Å². The molecule has 0 aliphatic heterocycles. The van der Waals surface area contributed by atoms with Gasteiger partial charge < -0.3 is 0 Å². The molecular formula is C18H9ClF3N3S. The fourth-order valence-corrected chi connectivity index (χ4v) is 3.02. The lowest BCUT2D eigenvalue weighted by Gasteiger charge is -2.06. The third-order valence-electron chi connectivity index (χ3n) is 3.39. The van der Waals surface area contributed by atoms with Gasteiger partial charge in [-0.15, -0.1) is 11.3 Å². The molecule has 0 amide bonds. The predicted octanol–water partition coefficient (Wildman–Crippen LogP) is 5.94. The Morgan fingerprint density at radius 3 is 2.46 bits per heavy atom. The summed E-state index contributed by atoms with van der Waals surface area (Å²) < 4.78 is 37.8. The van der Waals surface area contributed by atoms with Gasteiger partial charge in [0, 0.05) is 22.2 Å². The Morgan fingerprint density at radius 1 is 1.15 bits per heavy atom. The normalized spacial score (nSPS) is 12.0. The van der Waals surface area contributed by atoms with E-state index in [1.54, 1.807) is 17.5 Å². The first-order valence-electron chi connectivity index (χ1n) is 7.24. The van der Waals surface area contributed by atoms with E-state index < -0.39 is 11.7 Å². The lowest BCUT2D eigenvalue weighted by molar-refractivity contribution is -0.137. The van der Waals surface area contributed by atoms with Crippen LogP contribution in [0.3, 0.4) is 0 Å². The number of aromatic nitrogens is 2. The fraction of sp³-hybridized carbons (Fsp3) is 0.0556. The summed E-state index contributed by atoms with van der Waals surface area (Å²) >= 11 is 7.24. The van der Waals surface area contributed by atoms with Crippen LogP contribution in [0.25, 0.3) is 22.2 Å². The number of nitriles is 1. The molecule has 0 aliphatic carbocycles. The Bertz CT molecular complexity index is 984. The molecule has 0 fully saturated rings. The van der Waals surface area contributed by atoms with Crippen molar-refractivity contribution in [1.82, 2.24) is 9.97 Å². The molecule has 26 heavy (non-hydrogen) atoms. The Morgan fingerprint density at radius 2 is 1.88 bits per heavy atom. The van der Waals surface area contributed by atoms with Crippen molar-refractivity contribution in [2.45, 2.75) is 6.18 Å². The van der Waals surface area contributed by atoms with Crippen LogP contribution >= 0.6 is 22.9 Å². The first kappa shape index (κ1) is 18.1. The van der Waals surface area contributed by atoms with Crippen LogP contribution in [0.15, 0.2) is 48.0 Å². The molecule has 130 valence electrons. The largest absolute Gasteiger partial charge is 0.417 e. The minimum absolute atomic E-state index is 0.131. The molecule has 0 aliphatic rings. The smallest absolute Gasteiger partial charge is 0.255 e. The number of nitrogens with zero attached hydrogens (tertiary/aromatic N) is 3. The van der Waals surface area contributed by atoms with Crippen LogP contribution in [-0.4, -0.2) is 9.97 Å². The topological polar surface area (TPSA) is 49.6 Å². The quantitative estimate of drug-likeness (QED) is 0.519. The van der Waals surface area contributed by atoms with Crippen molar-refractivity contribution in [2.24, 2.45) is 0 Å². The molecule has 1 aromatic carbocycles. The molecule has 8 heteroatoms. The van der Waals surface area contributed by atoms with Gasteiger partial charge in [0.1, 0.15) is 11.1 Å². The summed E-state index contributed by atoms with van der Waals surface area (Å²) in [5.74, 6) is 0. The summed E-state index contributed by atoms with van der Waals surface area (Å²) in [6.07, 6.45) is -2.27. The lowest BCUT2D eigenvalue weighted by atomic mass is 10.1. The average molecular weight is 392 g/mol. The SMILES string of the molecule is N#CC(=Cc1csc(-c2ccc(Cl)cc2)n1)c1ccc(C(F)(F)F)cn1. The summed E-state index contributed by atoms with van der Waals surface area (Å²) in [4.78, 5) is 8.16. The Labute approximate surface area is 156 Å². The molecule has 0 radical (unpaired) electrons. The second-order valence-electron chi connectivity index (χ2n) is 5.18. The van der Waals surface area contributed by atoms with E-state index in [4.69, 9.17) is 11.6 Å². The fourth-order valence-electron chi connectivity index (χ4n) is 2.11. The number of benzene rings is 1. The van der Waals surface area contributed by atoms with E-state index in [2.05, 4.69) is 9.97 Å². The molecule has 0 bridgehead atoms. The molecular weight excluding hydrogens is 383 g/mol. The Balaban J connectivity index is 1.88. The number of halogens is 4. The summed E-state index contributed by atoms with van der Waals surface area (Å²) in [5.41, 5.74) is 0.828. The second-order valence-corrected chi connectivity index (χ2v) is 6.48. The number of hydrogen-bond acceptors (Lipinski definition) is 4. The maximum Gasteiger partial charge on any atom is 0.417 e. The monoisotopic (exact) mass is 391 g/mol. The molecule has 0 atom stereocenters. The van der Waals surface area contributed by atoms with Crippen LogP contribution < -0.4 is 0 Å². The molecule has 2 heterocycles. The number of rotatable bonds is 3. The number of allylic oxidation sites excluding steroid dienone is 1. The van der Waals surface area contributed by atoms with Crippen molar-refractivity contribution in [3.63, 3.8) is 0 Å². The maximum absolute atomic E-state index is 12.6. The average Bonchev–Trinajstić information content (AvgIpc) is 3.08. The zero-order valence-electron chi connectivity index (χ0n) is 13.0. The van der Waals surface area contributed by atoms with Crippen molar-refractivity contribution in [1.29, 1.82) is 5.26 Å². The maximum atomic E-state index is 12.6. The number of pyridine rings is 1. The molecule has 0 unspecified atom stereocenters. The highest BCUT2D eigenvalue weighted by molar-refractivity contribution is 7.13. The van der Waals surface area contributed by atoms with Crippen molar-refractivity contribution in [2.75, 3.05) is 0 Å². The van der Waals surface area contributed by atoms with E-state index in [0.717, 1.165) is 16.6 Å². The van der Waals surface area contributed by atoms with Gasteiger partial charge in [-0.05, 0) is 30.3 Å². The molecule has 0 saturated carbocycles. The van der Waals surface area contributed by atoms with Gasteiger partial charge >= 0.3 is 6.18 Å². The van der Waals surface area contributed by atoms with Crippen LogP contribution in [0.2, 0.25) is 5.02 Å². The van der Waals surface area contributed by atoms with Gasteiger partial charge in [-0.1, -0.05) is 23.7 Å². The van der Waals surface area contributed by atoms with Gasteiger partial charge in [-0.3, -0.25) is 4.98 Å². The van der Waals surface area contributed by atoms with E-state index in [9.17, 15) is 18.4 Å². The van der Waals surface area contributed by atoms with Gasteiger partial charge in [0.05, 0.1) is 22.5 Å². The third-order valence-corrected chi connectivity index (χ3v) is 4.55. The summed E-state index contributed by atoms with van der Waals surface area (Å²) in [7, 11) is 0. The molecule has 3 nitrogen and oxygen atoms in total. The van der Waals surface area contributed by atoms with Crippen molar-refractivity contribution >= 4 is 34.6 Å². The minimum Gasteiger partial charge on any atom is -0.255 e. The lowest BCUT2D eigenvalue weighted by Crippen LogP contribution is -2.05. The first-order valence-corrected chi connectivity index (χ1v) is 8.49. The predicted molar refractivity (Wildman–Crippen MR) is 95.3 cm³/mol. The minimum atomic E-state index is -4.47. The highest BCUT2D eigenvalue weighted by Crippen LogP contribution is 2.30. The molecule has 0 N–H and O–H groups in total. The molecule has 3 aromatic rings. The van der Waals surface area contributed by atoms with E-state index in [1.807, 2.05) is 18.2 Å². The van der Waals surface area contributed by atoms with Gasteiger partial charge in [-0.25, -0.2) is 4.98 Å². The highest BCUT2D eigenvalue weighted by atomic mass is 35.5. The number of thiazole rings is 1. The molecule has 3 rings (SSSR count). The van der Waals surface area contributed by atoms with Crippen LogP contribution in [0.1, 0.15) is 17.0 Å². The van der Waals surface area contributed by atoms with Crippen LogP contribution in [-0.2, 0) is 6.18 Å². The zero-order valence-corrected chi connectivity index (χ0v) is 14.5. The Hall–Kier alpha value is -2.69. The molecule has 0 saturated heterocycles.